The Balaban J connectivity index is 0.000000168. The van der Waals surface area contributed by atoms with E-state index in [1.165, 1.54) is 6.42 Å². The number of methoxy groups -OCH3 is 5. The van der Waals surface area contributed by atoms with E-state index >= 15 is 0 Å². The highest BCUT2D eigenvalue weighted by molar-refractivity contribution is 6.32. The first-order chi connectivity index (χ1) is 56.8. The number of aliphatic imine (C=N–C) groups is 1. The van der Waals surface area contributed by atoms with Gasteiger partial charge in [0.25, 0.3) is 23.6 Å². The fraction of sp³-hybridized carbons (Fsp3) is 0.316. The topological polar surface area (TPSA) is 227 Å². The minimum atomic E-state index is -0.673. The molecule has 0 radical (unpaired) electrons. The molecule has 3 aliphatic rings. The highest BCUT2D eigenvalue weighted by Crippen LogP contribution is 2.35. The van der Waals surface area contributed by atoms with Crippen molar-refractivity contribution in [2.24, 2.45) is 4.99 Å². The normalized spacial score (nSPS) is 13.7. The molecule has 4 amide bonds. The van der Waals surface area contributed by atoms with Gasteiger partial charge in [-0.25, -0.2) is 4.99 Å². The van der Waals surface area contributed by atoms with Gasteiger partial charge in [-0.3, -0.25) is 19.2 Å². The van der Waals surface area contributed by atoms with Crippen molar-refractivity contribution < 1.29 is 62.9 Å². The van der Waals surface area contributed by atoms with E-state index < -0.39 is 5.54 Å². The van der Waals surface area contributed by atoms with Gasteiger partial charge in [0.15, 0.2) is 0 Å². The van der Waals surface area contributed by atoms with E-state index in [1.54, 1.807) is 61.5 Å². The molecule has 0 spiro atoms. The summed E-state index contributed by atoms with van der Waals surface area (Å²) in [5.41, 5.74) is 17.9. The number of rotatable bonds is 24. The number of carbonyl (C=O) groups is 4. The summed E-state index contributed by atoms with van der Waals surface area (Å²) in [5.74, 6) is 0.386. The minimum Gasteiger partial charge on any atom is -0.475 e. The molecule has 0 bridgehead atoms. The first-order valence-corrected chi connectivity index (χ1v) is 40.9. The van der Waals surface area contributed by atoms with Crippen molar-refractivity contribution in [3.05, 3.63) is 293 Å². The SMILES string of the molecule is COCc1cc(C(=O)NC(C)(C)CO)ccc1-c1ccc(Cl)cc1.COCc1cc(C2=NC(C)(C)CO2)ccc1-c1ccc(Cl)cc1.COCc1ccc(C(=O)N2CCC(O)CC2)cc1-c1ccc(Cl)cc1.COCc1ccc(C(=O)N2CCCCC2)cc1-c1ccc(Cl)cc1.COCc1ccc(C(=O)NCCO)cc1-c1ccc(Cl)cc1. The highest BCUT2D eigenvalue weighted by Gasteiger charge is 2.29. The van der Waals surface area contributed by atoms with Gasteiger partial charge >= 0.3 is 0 Å². The number of nitrogens with zero attached hydrogens (tertiary/aromatic N) is 3. The molecule has 2 fully saturated rings. The lowest BCUT2D eigenvalue weighted by Crippen LogP contribution is -2.46. The summed E-state index contributed by atoms with van der Waals surface area (Å²) in [6.45, 7) is 13.6. The number of hydrogen-bond donors (Lipinski definition) is 5. The van der Waals surface area contributed by atoms with E-state index in [0.717, 1.165) is 126 Å². The van der Waals surface area contributed by atoms with Crippen molar-refractivity contribution in [3.8, 4) is 55.6 Å². The second-order valence-electron chi connectivity index (χ2n) is 29.9. The van der Waals surface area contributed by atoms with E-state index in [0.29, 0.717) is 108 Å². The second kappa shape index (κ2) is 45.7. The molecule has 10 aromatic carbocycles. The Kier molecular flexibility index (Phi) is 35.9. The molecule has 3 heterocycles. The molecule has 0 saturated carbocycles. The maximum Gasteiger partial charge on any atom is 0.253 e. The van der Waals surface area contributed by atoms with Crippen LogP contribution in [0.1, 0.15) is 135 Å². The molecule has 2 saturated heterocycles. The summed E-state index contributed by atoms with van der Waals surface area (Å²) < 4.78 is 32.2. The van der Waals surface area contributed by atoms with Gasteiger partial charge in [0, 0.05) is 121 Å². The van der Waals surface area contributed by atoms with E-state index in [9.17, 15) is 29.4 Å². The average molecular weight is 1700 g/mol. The molecule has 118 heavy (non-hydrogen) atoms. The quantitative estimate of drug-likeness (QED) is 0.0380. The maximum atomic E-state index is 12.8. The van der Waals surface area contributed by atoms with E-state index in [1.807, 2.05) is 198 Å². The number of amides is 4. The molecule has 622 valence electrons. The van der Waals surface area contributed by atoms with Crippen molar-refractivity contribution in [2.45, 2.75) is 110 Å². The number of aliphatic hydroxyl groups is 3. The summed E-state index contributed by atoms with van der Waals surface area (Å²) in [6.07, 6.45) is 4.38. The first kappa shape index (κ1) is 92.6. The zero-order valence-electron chi connectivity index (χ0n) is 68.2. The van der Waals surface area contributed by atoms with Gasteiger partial charge in [-0.2, -0.15) is 0 Å². The minimum absolute atomic E-state index is 0.00563. The molecule has 18 nitrogen and oxygen atoms in total. The molecule has 0 aliphatic carbocycles. The predicted octanol–water partition coefficient (Wildman–Crippen LogP) is 19.8. The van der Waals surface area contributed by atoms with Gasteiger partial charge in [-0.05, 0) is 265 Å². The molecule has 13 rings (SSSR count). The third-order valence-corrected chi connectivity index (χ3v) is 20.9. The van der Waals surface area contributed by atoms with E-state index in [-0.39, 0.29) is 55.0 Å². The number of piperidine rings is 2. The lowest BCUT2D eigenvalue weighted by molar-refractivity contribution is 0.0545. The Morgan fingerprint density at radius 1 is 0.432 bits per heavy atom. The Bertz CT molecular complexity index is 4980. The largest absolute Gasteiger partial charge is 0.475 e. The summed E-state index contributed by atoms with van der Waals surface area (Å²) in [4.78, 5) is 58.4. The van der Waals surface area contributed by atoms with Gasteiger partial charge in [0.05, 0.1) is 63.4 Å². The van der Waals surface area contributed by atoms with E-state index in [4.69, 9.17) is 91.5 Å². The van der Waals surface area contributed by atoms with Crippen LogP contribution in [0.25, 0.3) is 55.6 Å². The first-order valence-electron chi connectivity index (χ1n) is 39.0. The lowest BCUT2D eigenvalue weighted by Gasteiger charge is -2.29. The number of carbonyl (C=O) groups excluding carboxylic acids is 4. The number of hydrogen-bond acceptors (Lipinski definition) is 14. The van der Waals surface area contributed by atoms with Crippen molar-refractivity contribution in [1.29, 1.82) is 0 Å². The standard InChI is InChI=1S/C20H22ClNO3.C20H22ClNO2.C19H22ClNO3.C19H20ClNO2.C17H18ClNO3/c1-25-13-16-3-2-15(20(24)22-10-8-18(23)9-11-22)12-19(16)14-4-6-17(21)7-5-14;1-24-14-17-6-5-16(20(23)22-11-3-2-4-12-22)13-19(17)15-7-9-18(21)10-8-15;1-19(2,12-22)21-18(23)14-6-9-17(15(10-14)11-24-3)13-4-7-16(20)8-5-13;1-19(2)12-23-18(21-19)14-6-9-17(15(10-14)11-22-3)13-4-7-16(20)8-5-13;1-22-11-14-3-2-13(17(21)19-8-9-20)10-16(14)12-4-6-15(18)7-5-12/h2-7,12,18,23H,8-11,13H2,1H3;5-10,13H,2-4,11-12,14H2,1H3;4-10,22H,11-12H2,1-3H3,(H,21,23);4-10H,11-12H2,1-3H3;2-7,10,20H,8-9,11H2,1H3,(H,19,21). The molecule has 3 aliphatic heterocycles. The Labute approximate surface area is 717 Å². The Morgan fingerprint density at radius 2 is 0.771 bits per heavy atom. The molecular formula is C95H104Cl5N5O13. The molecular weight excluding hydrogens is 1600 g/mol. The highest BCUT2D eigenvalue weighted by atomic mass is 35.5. The average Bonchev–Trinajstić information content (AvgIpc) is 1.45. The van der Waals surface area contributed by atoms with Gasteiger partial charge in [-0.15, -0.1) is 0 Å². The second-order valence-corrected chi connectivity index (χ2v) is 32.1. The zero-order valence-corrected chi connectivity index (χ0v) is 71.9. The number of ether oxygens (including phenoxy) is 6. The number of halogens is 5. The van der Waals surface area contributed by atoms with Gasteiger partial charge in [-0.1, -0.05) is 149 Å². The monoisotopic (exact) mass is 1700 g/mol. The van der Waals surface area contributed by atoms with Crippen LogP contribution in [-0.4, -0.2) is 160 Å². The number of likely N-dealkylation sites (tertiary alicyclic amines) is 2. The van der Waals surface area contributed by atoms with Gasteiger partial charge in [0.2, 0.25) is 5.90 Å². The maximum absolute atomic E-state index is 12.8. The lowest BCUT2D eigenvalue weighted by atomic mass is 9.96. The summed E-state index contributed by atoms with van der Waals surface area (Å²) in [5, 5.41) is 36.6. The number of aliphatic hydroxyl groups excluding tert-OH is 3. The van der Waals surface area contributed by atoms with Crippen LogP contribution in [0.4, 0.5) is 0 Å². The molecule has 0 aromatic heterocycles. The van der Waals surface area contributed by atoms with Crippen LogP contribution in [0.2, 0.25) is 25.1 Å². The van der Waals surface area contributed by atoms with Crippen LogP contribution in [0.3, 0.4) is 0 Å². The van der Waals surface area contributed by atoms with Crippen molar-refractivity contribution in [1.82, 2.24) is 20.4 Å². The number of nitrogens with one attached hydrogen (secondary N) is 2. The van der Waals surface area contributed by atoms with Crippen molar-refractivity contribution in [2.75, 3.05) is 88.1 Å². The number of benzene rings is 10. The van der Waals surface area contributed by atoms with Gasteiger partial charge < -0.3 is 64.2 Å². The third-order valence-electron chi connectivity index (χ3n) is 19.7. The summed E-state index contributed by atoms with van der Waals surface area (Å²) in [6, 6.07) is 66.8. The summed E-state index contributed by atoms with van der Waals surface area (Å²) in [7, 11) is 8.29. The molecule has 23 heteroatoms. The van der Waals surface area contributed by atoms with Crippen LogP contribution in [0.5, 0.6) is 0 Å². The van der Waals surface area contributed by atoms with Crippen molar-refractivity contribution >= 4 is 87.5 Å². The fourth-order valence-corrected chi connectivity index (χ4v) is 14.1. The molecule has 0 atom stereocenters. The van der Waals surface area contributed by atoms with Crippen molar-refractivity contribution in [3.63, 3.8) is 0 Å². The van der Waals surface area contributed by atoms with Crippen LogP contribution in [-0.2, 0) is 61.5 Å². The van der Waals surface area contributed by atoms with Crippen LogP contribution < -0.4 is 10.6 Å². The van der Waals surface area contributed by atoms with Gasteiger partial charge in [0.1, 0.15) is 6.61 Å². The fourth-order valence-electron chi connectivity index (χ4n) is 13.5. The molecule has 0 unspecified atom stereocenters. The van der Waals surface area contributed by atoms with Crippen LogP contribution in [0, 0.1) is 0 Å². The molecule has 5 N–H and O–H groups in total. The zero-order chi connectivity index (χ0) is 84.9. The smallest absolute Gasteiger partial charge is 0.253 e. The Morgan fingerprint density at radius 3 is 1.15 bits per heavy atom. The van der Waals surface area contributed by atoms with E-state index in [2.05, 4.69) is 41.6 Å². The Hall–Kier alpha value is -9.32. The summed E-state index contributed by atoms with van der Waals surface area (Å²) >= 11 is 29.8. The molecule has 10 aromatic rings. The predicted molar refractivity (Wildman–Crippen MR) is 474 cm³/mol. The third kappa shape index (κ3) is 27.1. The van der Waals surface area contributed by atoms with Crippen LogP contribution in [0.15, 0.2) is 217 Å². The van der Waals surface area contributed by atoms with Crippen LogP contribution >= 0.6 is 58.0 Å².